The maximum atomic E-state index is 12.5. The molecule has 2 aliphatic rings. The van der Waals surface area contributed by atoms with E-state index in [0.29, 0.717) is 30.0 Å². The number of aliphatic imine (C=N–C) groups is 1. The molecule has 0 bridgehead atoms. The number of amides is 1. The molecule has 1 aromatic heterocycles. The van der Waals surface area contributed by atoms with Crippen molar-refractivity contribution >= 4 is 17.6 Å². The maximum Gasteiger partial charge on any atom is 0.282 e. The van der Waals surface area contributed by atoms with Crippen LogP contribution in [-0.4, -0.2) is 53.6 Å². The Balaban J connectivity index is 1.75. The summed E-state index contributed by atoms with van der Waals surface area (Å²) in [6.07, 6.45) is 7.30. The molecule has 2 atom stereocenters. The molecule has 4 N–H and O–H groups in total. The highest BCUT2D eigenvalue weighted by Crippen LogP contribution is 2.27. The largest absolute Gasteiger partial charge is 0.396 e. The average molecular weight is 388 g/mol. The lowest BCUT2D eigenvalue weighted by atomic mass is 9.89. The fourth-order valence-electron chi connectivity index (χ4n) is 4.37. The number of hydrogen-bond donors (Lipinski definition) is 3. The molecule has 1 amide bonds. The Bertz CT molecular complexity index is 711. The number of pyridine rings is 1. The monoisotopic (exact) mass is 387 g/mol. The van der Waals surface area contributed by atoms with Gasteiger partial charge in [0.2, 0.25) is 0 Å². The summed E-state index contributed by atoms with van der Waals surface area (Å²) in [5.74, 6) is 0.621. The third kappa shape index (κ3) is 5.08. The first kappa shape index (κ1) is 20.7. The number of carbonyl (C=O) groups is 1. The highest BCUT2D eigenvalue weighted by Gasteiger charge is 2.32. The second-order valence-electron chi connectivity index (χ2n) is 8.17. The van der Waals surface area contributed by atoms with Crippen LogP contribution in [0, 0.1) is 12.8 Å². The Morgan fingerprint density at radius 3 is 2.75 bits per heavy atom. The highest BCUT2D eigenvalue weighted by atomic mass is 16.3. The lowest BCUT2D eigenvalue weighted by Crippen LogP contribution is -2.54. The van der Waals surface area contributed by atoms with E-state index in [-0.39, 0.29) is 24.3 Å². The van der Waals surface area contributed by atoms with E-state index in [1.54, 1.807) is 13.0 Å². The number of nitrogens with zero attached hydrogens (tertiary/aromatic N) is 3. The van der Waals surface area contributed by atoms with Crippen LogP contribution in [0.25, 0.3) is 0 Å². The molecule has 7 heteroatoms. The van der Waals surface area contributed by atoms with Gasteiger partial charge in [-0.1, -0.05) is 19.3 Å². The molecular weight excluding hydrogens is 354 g/mol. The van der Waals surface area contributed by atoms with Gasteiger partial charge in [0.1, 0.15) is 11.7 Å². The van der Waals surface area contributed by atoms with Gasteiger partial charge >= 0.3 is 0 Å². The second-order valence-corrected chi connectivity index (χ2v) is 8.17. The lowest BCUT2D eigenvalue weighted by Gasteiger charge is -2.41. The van der Waals surface area contributed by atoms with Crippen LogP contribution in [0.1, 0.15) is 61.5 Å². The number of amidine groups is 1. The molecule has 7 nitrogen and oxygen atoms in total. The van der Waals surface area contributed by atoms with E-state index in [9.17, 15) is 9.90 Å². The predicted octanol–water partition coefficient (Wildman–Crippen LogP) is 2.02. The Morgan fingerprint density at radius 2 is 2.07 bits per heavy atom. The van der Waals surface area contributed by atoms with Crippen molar-refractivity contribution in [3.05, 3.63) is 23.4 Å². The molecule has 1 aliphatic carbocycles. The van der Waals surface area contributed by atoms with E-state index < -0.39 is 0 Å². The van der Waals surface area contributed by atoms with Gasteiger partial charge in [-0.15, -0.1) is 0 Å². The van der Waals surface area contributed by atoms with E-state index in [2.05, 4.69) is 20.2 Å². The Labute approximate surface area is 167 Å². The number of nitrogens with one attached hydrogen (secondary N) is 1. The first-order valence-electron chi connectivity index (χ1n) is 10.4. The number of aliphatic hydroxyl groups excluding tert-OH is 1. The highest BCUT2D eigenvalue weighted by molar-refractivity contribution is 6.05. The second kappa shape index (κ2) is 9.47. The molecule has 2 heterocycles. The van der Waals surface area contributed by atoms with Crippen LogP contribution < -0.4 is 16.0 Å². The van der Waals surface area contributed by atoms with E-state index in [1.165, 1.54) is 32.1 Å². The van der Waals surface area contributed by atoms with Gasteiger partial charge in [-0.25, -0.2) is 4.98 Å². The lowest BCUT2D eigenvalue weighted by molar-refractivity contribution is 0.100. The summed E-state index contributed by atoms with van der Waals surface area (Å²) in [6.45, 7) is 5.10. The zero-order valence-electron chi connectivity index (χ0n) is 17.0. The SMILES string of the molecule is CC(N)=NC(=O)c1ccc(C)nc1N1CCC(NC2CCCCC2)C(CO)C1. The van der Waals surface area contributed by atoms with Crippen molar-refractivity contribution in [2.75, 3.05) is 24.6 Å². The molecule has 0 aromatic carbocycles. The zero-order valence-corrected chi connectivity index (χ0v) is 17.0. The van der Waals surface area contributed by atoms with Gasteiger partial charge in [0, 0.05) is 43.4 Å². The predicted molar refractivity (Wildman–Crippen MR) is 112 cm³/mol. The van der Waals surface area contributed by atoms with Gasteiger partial charge in [-0.2, -0.15) is 4.99 Å². The zero-order chi connectivity index (χ0) is 20.1. The van der Waals surface area contributed by atoms with Crippen LogP contribution >= 0.6 is 0 Å². The van der Waals surface area contributed by atoms with Crippen LogP contribution in [0.2, 0.25) is 0 Å². The quantitative estimate of drug-likeness (QED) is 0.527. The first-order chi connectivity index (χ1) is 13.5. The van der Waals surface area contributed by atoms with E-state index in [1.807, 2.05) is 13.0 Å². The molecule has 0 radical (unpaired) electrons. The standard InChI is InChI=1S/C21H33N5O2/c1-14-8-9-18(21(28)24-15(2)22)20(23-14)26-11-10-19(16(12-26)13-27)25-17-6-4-3-5-7-17/h8-9,16-17,19,25,27H,3-7,10-13H2,1-2H3,(H2,22,24,28). The van der Waals surface area contributed by atoms with Crippen LogP contribution in [0.15, 0.2) is 17.1 Å². The molecule has 2 fully saturated rings. The van der Waals surface area contributed by atoms with Gasteiger partial charge in [-0.05, 0) is 45.2 Å². The third-order valence-corrected chi connectivity index (χ3v) is 5.85. The summed E-state index contributed by atoms with van der Waals surface area (Å²) < 4.78 is 0. The summed E-state index contributed by atoms with van der Waals surface area (Å²) in [4.78, 5) is 23.1. The number of anilines is 1. The number of aromatic nitrogens is 1. The van der Waals surface area contributed by atoms with Crippen LogP contribution in [-0.2, 0) is 0 Å². The smallest absolute Gasteiger partial charge is 0.282 e. The summed E-state index contributed by atoms with van der Waals surface area (Å²) in [6, 6.07) is 4.46. The summed E-state index contributed by atoms with van der Waals surface area (Å²) in [7, 11) is 0. The fraction of sp³-hybridized carbons (Fsp3) is 0.667. The van der Waals surface area contributed by atoms with Crippen molar-refractivity contribution in [2.24, 2.45) is 16.6 Å². The van der Waals surface area contributed by atoms with Crippen LogP contribution in [0.3, 0.4) is 0 Å². The van der Waals surface area contributed by atoms with Crippen LogP contribution in [0.5, 0.6) is 0 Å². The van der Waals surface area contributed by atoms with E-state index >= 15 is 0 Å². The van der Waals surface area contributed by atoms with Crippen molar-refractivity contribution in [3.8, 4) is 0 Å². The summed E-state index contributed by atoms with van der Waals surface area (Å²) in [5, 5.41) is 13.8. The number of rotatable bonds is 5. The van der Waals surface area contributed by atoms with Crippen molar-refractivity contribution in [1.29, 1.82) is 0 Å². The third-order valence-electron chi connectivity index (χ3n) is 5.85. The van der Waals surface area contributed by atoms with Gasteiger partial charge < -0.3 is 21.1 Å². The first-order valence-corrected chi connectivity index (χ1v) is 10.4. The Hall–Kier alpha value is -1.99. The van der Waals surface area contributed by atoms with Gasteiger partial charge in [0.25, 0.3) is 5.91 Å². The van der Waals surface area contributed by atoms with Crippen molar-refractivity contribution < 1.29 is 9.90 Å². The number of nitrogens with two attached hydrogens (primary N) is 1. The molecule has 154 valence electrons. The number of hydrogen-bond acceptors (Lipinski definition) is 5. The molecule has 1 aliphatic heterocycles. The Morgan fingerprint density at radius 1 is 1.32 bits per heavy atom. The average Bonchev–Trinajstić information content (AvgIpc) is 2.68. The van der Waals surface area contributed by atoms with Crippen molar-refractivity contribution in [1.82, 2.24) is 10.3 Å². The number of aliphatic hydroxyl groups is 1. The fourth-order valence-corrected chi connectivity index (χ4v) is 4.37. The van der Waals surface area contributed by atoms with Crippen molar-refractivity contribution in [3.63, 3.8) is 0 Å². The van der Waals surface area contributed by atoms with E-state index in [4.69, 9.17) is 5.73 Å². The van der Waals surface area contributed by atoms with Crippen LogP contribution in [0.4, 0.5) is 5.82 Å². The van der Waals surface area contributed by atoms with Gasteiger partial charge in [0.15, 0.2) is 0 Å². The minimum absolute atomic E-state index is 0.112. The number of aryl methyl sites for hydroxylation is 1. The number of piperidine rings is 1. The molecule has 28 heavy (non-hydrogen) atoms. The molecule has 0 spiro atoms. The normalized spacial score (nSPS) is 24.4. The molecule has 1 saturated carbocycles. The maximum absolute atomic E-state index is 12.5. The molecule has 1 aromatic rings. The van der Waals surface area contributed by atoms with Gasteiger partial charge in [-0.3, -0.25) is 4.79 Å². The van der Waals surface area contributed by atoms with Gasteiger partial charge in [0.05, 0.1) is 5.56 Å². The summed E-state index contributed by atoms with van der Waals surface area (Å²) in [5.41, 5.74) is 6.91. The topological polar surface area (TPSA) is 104 Å². The van der Waals surface area contributed by atoms with E-state index in [0.717, 1.165) is 18.7 Å². The number of carbonyl (C=O) groups excluding carboxylic acids is 1. The molecular formula is C21H33N5O2. The Kier molecular flexibility index (Phi) is 7.02. The summed E-state index contributed by atoms with van der Waals surface area (Å²) >= 11 is 0. The minimum atomic E-state index is -0.370. The minimum Gasteiger partial charge on any atom is -0.396 e. The molecule has 2 unspecified atom stereocenters. The molecule has 3 rings (SSSR count). The molecule has 1 saturated heterocycles. The van der Waals surface area contributed by atoms with Crippen molar-refractivity contribution in [2.45, 2.75) is 64.5 Å².